The number of carbonyl (C=O) groups is 2. The van der Waals surface area contributed by atoms with Crippen LogP contribution in [0.4, 0.5) is 5.82 Å². The summed E-state index contributed by atoms with van der Waals surface area (Å²) in [6, 6.07) is 1.49. The molecule has 0 aromatic carbocycles. The highest BCUT2D eigenvalue weighted by molar-refractivity contribution is 6.31. The Morgan fingerprint density at radius 2 is 1.88 bits per heavy atom. The highest BCUT2D eigenvalue weighted by Gasteiger charge is 2.25. The van der Waals surface area contributed by atoms with Crippen LogP contribution < -0.4 is 10.9 Å². The molecule has 0 radical (unpaired) electrons. The van der Waals surface area contributed by atoms with Crippen molar-refractivity contribution in [1.29, 1.82) is 0 Å². The zero-order chi connectivity index (χ0) is 19.4. The highest BCUT2D eigenvalue weighted by atomic mass is 35.5. The second-order valence-electron chi connectivity index (χ2n) is 7.69. The molecule has 140 valence electrons. The average Bonchev–Trinajstić information content (AvgIpc) is 2.41. The number of hydrogen-bond donors (Lipinski definition) is 3. The lowest BCUT2D eigenvalue weighted by Crippen LogP contribution is -2.39. The number of hydrogen-bond acceptors (Lipinski definition) is 6. The molecule has 0 aliphatic carbocycles. The molecule has 0 aliphatic rings. The topological polar surface area (TPSA) is 101 Å². The molecule has 3 N–H and O–H groups in total. The number of anilines is 1. The van der Waals surface area contributed by atoms with Crippen molar-refractivity contribution in [2.75, 3.05) is 5.43 Å². The number of aliphatic hydroxyl groups excluding tert-OH is 1. The lowest BCUT2D eigenvalue weighted by molar-refractivity contribution is -0.157. The number of nitrogens with zero attached hydrogens (tertiary/aromatic N) is 1. The first-order valence-corrected chi connectivity index (χ1v) is 8.30. The molecule has 8 heteroatoms. The van der Waals surface area contributed by atoms with Crippen LogP contribution in [0.15, 0.2) is 12.3 Å². The zero-order valence-electron chi connectivity index (χ0n) is 15.4. The average molecular weight is 372 g/mol. The summed E-state index contributed by atoms with van der Waals surface area (Å²) in [6.45, 7) is 10.5. The van der Waals surface area contributed by atoms with E-state index in [4.69, 9.17) is 16.3 Å². The second kappa shape index (κ2) is 8.01. The number of aliphatic hydroxyl groups is 1. The van der Waals surface area contributed by atoms with Gasteiger partial charge in [0, 0.05) is 17.2 Å². The lowest BCUT2D eigenvalue weighted by Gasteiger charge is -2.22. The predicted molar refractivity (Wildman–Crippen MR) is 95.9 cm³/mol. The van der Waals surface area contributed by atoms with Crippen molar-refractivity contribution in [3.8, 4) is 0 Å². The van der Waals surface area contributed by atoms with Gasteiger partial charge in [-0.1, -0.05) is 32.4 Å². The van der Waals surface area contributed by atoms with Gasteiger partial charge in [-0.05, 0) is 26.8 Å². The summed E-state index contributed by atoms with van der Waals surface area (Å²) in [5.74, 6) is -0.660. The maximum atomic E-state index is 12.0. The fraction of sp³-hybridized carbons (Fsp3) is 0.588. The number of ether oxygens (including phenoxy) is 1. The standard InChI is InChI=1S/C17H26ClN3O4/c1-16(2,3)15(24)21-20-14-13(10(18)7-8-19-14)11(22)9-12(23)25-17(4,5)6/h7-8,11,22H,9H2,1-6H3,(H,19,20)(H,21,24). The van der Waals surface area contributed by atoms with Crippen molar-refractivity contribution in [2.45, 2.75) is 59.7 Å². The van der Waals surface area contributed by atoms with Crippen LogP contribution in [0.25, 0.3) is 0 Å². The number of aromatic nitrogens is 1. The van der Waals surface area contributed by atoms with Gasteiger partial charge < -0.3 is 9.84 Å². The zero-order valence-corrected chi connectivity index (χ0v) is 16.2. The van der Waals surface area contributed by atoms with Crippen LogP contribution in [-0.4, -0.2) is 27.6 Å². The second-order valence-corrected chi connectivity index (χ2v) is 8.10. The third-order valence-corrected chi connectivity index (χ3v) is 3.36. The summed E-state index contributed by atoms with van der Waals surface area (Å²) in [6.07, 6.45) is -0.0903. The molecule has 1 heterocycles. The van der Waals surface area contributed by atoms with Crippen molar-refractivity contribution < 1.29 is 19.4 Å². The predicted octanol–water partition coefficient (Wildman–Crippen LogP) is 2.99. The third-order valence-electron chi connectivity index (χ3n) is 3.03. The Kier molecular flexibility index (Phi) is 6.79. The summed E-state index contributed by atoms with van der Waals surface area (Å²) in [4.78, 5) is 28.0. The van der Waals surface area contributed by atoms with Gasteiger partial charge in [-0.25, -0.2) is 4.98 Å². The Bertz CT molecular complexity index is 636. The van der Waals surface area contributed by atoms with Crippen molar-refractivity contribution in [3.05, 3.63) is 22.8 Å². The van der Waals surface area contributed by atoms with Crippen LogP contribution in [0.3, 0.4) is 0 Å². The third kappa shape index (κ3) is 6.88. The fourth-order valence-corrected chi connectivity index (χ4v) is 2.08. The fourth-order valence-electron chi connectivity index (χ4n) is 1.81. The Morgan fingerprint density at radius 1 is 1.28 bits per heavy atom. The molecule has 0 aliphatic heterocycles. The number of halogens is 1. The van der Waals surface area contributed by atoms with Gasteiger partial charge in [0.05, 0.1) is 17.5 Å². The number of rotatable bonds is 5. The SMILES string of the molecule is CC(C)(C)OC(=O)CC(O)c1c(Cl)ccnc1NNC(=O)C(C)(C)C. The quantitative estimate of drug-likeness (QED) is 0.543. The van der Waals surface area contributed by atoms with Gasteiger partial charge in [-0.2, -0.15) is 0 Å². The van der Waals surface area contributed by atoms with Crippen molar-refractivity contribution in [2.24, 2.45) is 5.41 Å². The van der Waals surface area contributed by atoms with E-state index in [-0.39, 0.29) is 28.7 Å². The minimum atomic E-state index is -1.23. The molecule has 1 aromatic rings. The minimum Gasteiger partial charge on any atom is -0.460 e. The normalized spacial score (nSPS) is 13.1. The van der Waals surface area contributed by atoms with Crippen molar-refractivity contribution in [3.63, 3.8) is 0 Å². The summed E-state index contributed by atoms with van der Waals surface area (Å²) in [5.41, 5.74) is 4.12. The minimum absolute atomic E-state index is 0.168. The van der Waals surface area contributed by atoms with Crippen molar-refractivity contribution in [1.82, 2.24) is 10.4 Å². The molecule has 1 rings (SSSR count). The van der Waals surface area contributed by atoms with Crippen LogP contribution in [0, 0.1) is 5.41 Å². The van der Waals surface area contributed by atoms with Gasteiger partial charge in [-0.15, -0.1) is 0 Å². The molecule has 0 bridgehead atoms. The first kappa shape index (κ1) is 21.2. The van der Waals surface area contributed by atoms with Gasteiger partial charge in [0.2, 0.25) is 5.91 Å². The maximum Gasteiger partial charge on any atom is 0.309 e. The number of carbonyl (C=O) groups excluding carboxylic acids is 2. The van der Waals surface area contributed by atoms with Crippen LogP contribution in [0.2, 0.25) is 5.02 Å². The molecule has 7 nitrogen and oxygen atoms in total. The molecule has 1 amide bonds. The first-order valence-electron chi connectivity index (χ1n) is 7.92. The Balaban J connectivity index is 2.92. The molecule has 25 heavy (non-hydrogen) atoms. The van der Waals surface area contributed by atoms with Crippen LogP contribution >= 0.6 is 11.6 Å². The summed E-state index contributed by atoms with van der Waals surface area (Å²) >= 11 is 6.14. The molecule has 0 saturated heterocycles. The molecule has 1 atom stereocenters. The maximum absolute atomic E-state index is 12.0. The number of amides is 1. The van der Waals surface area contributed by atoms with E-state index < -0.39 is 23.1 Å². The Morgan fingerprint density at radius 3 is 2.40 bits per heavy atom. The Labute approximate surface area is 153 Å². The van der Waals surface area contributed by atoms with E-state index in [0.717, 1.165) is 0 Å². The van der Waals surface area contributed by atoms with Gasteiger partial charge in [0.1, 0.15) is 5.60 Å². The van der Waals surface area contributed by atoms with Gasteiger partial charge in [-0.3, -0.25) is 20.4 Å². The molecule has 0 saturated carbocycles. The first-order chi connectivity index (χ1) is 11.3. The van der Waals surface area contributed by atoms with Crippen LogP contribution in [-0.2, 0) is 14.3 Å². The van der Waals surface area contributed by atoms with E-state index in [1.807, 2.05) is 0 Å². The monoisotopic (exact) mass is 371 g/mol. The number of hydrazine groups is 1. The van der Waals surface area contributed by atoms with Crippen LogP contribution in [0.5, 0.6) is 0 Å². The van der Waals surface area contributed by atoms with Crippen molar-refractivity contribution >= 4 is 29.3 Å². The molecular formula is C17H26ClN3O4. The largest absolute Gasteiger partial charge is 0.460 e. The number of pyridine rings is 1. The number of esters is 1. The summed E-state index contributed by atoms with van der Waals surface area (Å²) in [5, 5.41) is 10.6. The number of nitrogens with one attached hydrogen (secondary N) is 2. The Hall–Kier alpha value is -1.86. The van der Waals surface area contributed by atoms with Gasteiger partial charge in [0.25, 0.3) is 0 Å². The summed E-state index contributed by atoms with van der Waals surface area (Å²) in [7, 11) is 0. The van der Waals surface area contributed by atoms with Gasteiger partial charge >= 0.3 is 5.97 Å². The lowest BCUT2D eigenvalue weighted by atomic mass is 9.96. The smallest absolute Gasteiger partial charge is 0.309 e. The van der Waals surface area contributed by atoms with E-state index in [9.17, 15) is 14.7 Å². The van der Waals surface area contributed by atoms with E-state index in [1.165, 1.54) is 12.3 Å². The van der Waals surface area contributed by atoms with E-state index in [0.29, 0.717) is 0 Å². The highest BCUT2D eigenvalue weighted by Crippen LogP contribution is 2.31. The van der Waals surface area contributed by atoms with E-state index >= 15 is 0 Å². The van der Waals surface area contributed by atoms with E-state index in [2.05, 4.69) is 15.8 Å². The van der Waals surface area contributed by atoms with Crippen LogP contribution in [0.1, 0.15) is 59.6 Å². The van der Waals surface area contributed by atoms with Gasteiger partial charge in [0.15, 0.2) is 5.82 Å². The molecule has 0 spiro atoms. The molecule has 1 aromatic heterocycles. The molecule has 0 fully saturated rings. The molecule has 1 unspecified atom stereocenters. The van der Waals surface area contributed by atoms with E-state index in [1.54, 1.807) is 41.5 Å². The summed E-state index contributed by atoms with van der Waals surface area (Å²) < 4.78 is 5.20. The molecular weight excluding hydrogens is 346 g/mol.